The van der Waals surface area contributed by atoms with E-state index in [0.717, 1.165) is 0 Å². The molecular formula is C11H21NO4. The highest BCUT2D eigenvalue weighted by molar-refractivity contribution is 5.84. The Bertz CT molecular complexity index is 271. The summed E-state index contributed by atoms with van der Waals surface area (Å²) in [7, 11) is 1.46. The van der Waals surface area contributed by atoms with E-state index >= 15 is 0 Å². The quantitative estimate of drug-likeness (QED) is 0.719. The first kappa shape index (κ1) is 14.9. The lowest BCUT2D eigenvalue weighted by atomic mass is 9.96. The molecule has 0 bridgehead atoms. The van der Waals surface area contributed by atoms with Crippen LogP contribution in [0.5, 0.6) is 0 Å². The van der Waals surface area contributed by atoms with Crippen LogP contribution in [0.15, 0.2) is 0 Å². The van der Waals surface area contributed by atoms with Crippen LogP contribution in [0.2, 0.25) is 0 Å². The number of methoxy groups -OCH3 is 1. The van der Waals surface area contributed by atoms with Gasteiger partial charge < -0.3 is 15.2 Å². The Morgan fingerprint density at radius 1 is 1.25 bits per heavy atom. The summed E-state index contributed by atoms with van der Waals surface area (Å²) < 4.78 is 5.04. The van der Waals surface area contributed by atoms with Crippen molar-refractivity contribution in [2.45, 2.75) is 51.7 Å². The fraction of sp³-hybridized carbons (Fsp3) is 0.818. The molecule has 0 saturated heterocycles. The maximum Gasteiger partial charge on any atom is 0.303 e. The summed E-state index contributed by atoms with van der Waals surface area (Å²) in [5, 5.41) is 11.4. The number of nitrogens with one attached hydrogen (secondary N) is 1. The normalized spacial score (nSPS) is 12.3. The Balaban J connectivity index is 4.36. The van der Waals surface area contributed by atoms with Crippen LogP contribution in [0.1, 0.15) is 40.5 Å². The lowest BCUT2D eigenvalue weighted by molar-refractivity contribution is -0.142. The number of rotatable bonds is 6. The fourth-order valence-electron chi connectivity index (χ4n) is 1.03. The zero-order valence-electron chi connectivity index (χ0n) is 10.6. The van der Waals surface area contributed by atoms with Gasteiger partial charge in [0.25, 0.3) is 5.91 Å². The number of carboxylic acids is 1. The third-order valence-corrected chi connectivity index (χ3v) is 2.47. The second-order valence-electron chi connectivity index (χ2n) is 4.95. The van der Waals surface area contributed by atoms with Gasteiger partial charge in [0.1, 0.15) is 5.60 Å². The van der Waals surface area contributed by atoms with Crippen molar-refractivity contribution in [1.29, 1.82) is 0 Å². The molecule has 0 fully saturated rings. The van der Waals surface area contributed by atoms with Crippen LogP contribution in [0.25, 0.3) is 0 Å². The third-order valence-electron chi connectivity index (χ3n) is 2.47. The summed E-state index contributed by atoms with van der Waals surface area (Å²) in [5.41, 5.74) is -1.45. The summed E-state index contributed by atoms with van der Waals surface area (Å²) in [4.78, 5) is 22.2. The molecule has 0 radical (unpaired) electrons. The maximum atomic E-state index is 11.8. The van der Waals surface area contributed by atoms with Crippen LogP contribution in [0.3, 0.4) is 0 Å². The van der Waals surface area contributed by atoms with Crippen molar-refractivity contribution in [3.63, 3.8) is 0 Å². The van der Waals surface area contributed by atoms with Crippen molar-refractivity contribution in [1.82, 2.24) is 5.32 Å². The molecule has 94 valence electrons. The van der Waals surface area contributed by atoms with E-state index in [1.165, 1.54) is 7.11 Å². The zero-order valence-corrected chi connectivity index (χ0v) is 10.6. The summed E-state index contributed by atoms with van der Waals surface area (Å²) in [5.74, 6) is -1.11. The molecule has 5 heteroatoms. The summed E-state index contributed by atoms with van der Waals surface area (Å²) in [6.45, 7) is 6.91. The van der Waals surface area contributed by atoms with Gasteiger partial charge in [-0.2, -0.15) is 0 Å². The maximum absolute atomic E-state index is 11.8. The van der Waals surface area contributed by atoms with Crippen LogP contribution < -0.4 is 5.32 Å². The predicted octanol–water partition coefficient (Wildman–Crippen LogP) is 1.17. The van der Waals surface area contributed by atoms with Crippen LogP contribution in [0, 0.1) is 0 Å². The minimum Gasteiger partial charge on any atom is -0.481 e. The Kier molecular flexibility index (Phi) is 4.93. The summed E-state index contributed by atoms with van der Waals surface area (Å²) in [6, 6.07) is 0. The highest BCUT2D eigenvalue weighted by atomic mass is 16.5. The molecule has 0 rings (SSSR count). The van der Waals surface area contributed by atoms with Crippen molar-refractivity contribution in [3.8, 4) is 0 Å². The van der Waals surface area contributed by atoms with E-state index in [-0.39, 0.29) is 12.3 Å². The van der Waals surface area contributed by atoms with Crippen LogP contribution in [0.4, 0.5) is 0 Å². The lowest BCUT2D eigenvalue weighted by Crippen LogP contribution is -2.52. The van der Waals surface area contributed by atoms with E-state index in [1.54, 1.807) is 27.7 Å². The van der Waals surface area contributed by atoms with Crippen LogP contribution in [-0.2, 0) is 14.3 Å². The minimum absolute atomic E-state index is 0.0285. The second kappa shape index (κ2) is 5.30. The Morgan fingerprint density at radius 3 is 2.12 bits per heavy atom. The highest BCUT2D eigenvalue weighted by Gasteiger charge is 2.31. The van der Waals surface area contributed by atoms with Gasteiger partial charge in [0.15, 0.2) is 0 Å². The molecule has 0 saturated carbocycles. The van der Waals surface area contributed by atoms with E-state index in [9.17, 15) is 9.59 Å². The average Bonchev–Trinajstić information content (AvgIpc) is 2.14. The van der Waals surface area contributed by atoms with Crippen LogP contribution in [-0.4, -0.2) is 35.2 Å². The summed E-state index contributed by atoms with van der Waals surface area (Å²) in [6.07, 6.45) is 0.411. The second-order valence-corrected chi connectivity index (χ2v) is 4.95. The molecule has 0 heterocycles. The molecular weight excluding hydrogens is 210 g/mol. The molecule has 5 nitrogen and oxygen atoms in total. The van der Waals surface area contributed by atoms with Gasteiger partial charge in [-0.15, -0.1) is 0 Å². The molecule has 0 atom stereocenters. The molecule has 0 unspecified atom stereocenters. The van der Waals surface area contributed by atoms with E-state index in [0.29, 0.717) is 6.42 Å². The number of amides is 1. The Labute approximate surface area is 96.2 Å². The number of hydrogen-bond acceptors (Lipinski definition) is 3. The summed E-state index contributed by atoms with van der Waals surface area (Å²) >= 11 is 0. The first-order valence-corrected chi connectivity index (χ1v) is 5.20. The Morgan fingerprint density at radius 2 is 1.75 bits per heavy atom. The zero-order chi connectivity index (χ0) is 13.0. The standard InChI is InChI=1S/C11H21NO4/c1-10(2,7-6-8(13)14)12-9(15)11(3,4)16-5/h6-7H2,1-5H3,(H,12,15)(H,13,14). The molecule has 2 N–H and O–H groups in total. The van der Waals surface area contributed by atoms with Gasteiger partial charge in [0, 0.05) is 19.1 Å². The van der Waals surface area contributed by atoms with Gasteiger partial charge in [-0.25, -0.2) is 0 Å². The first-order valence-electron chi connectivity index (χ1n) is 5.20. The molecule has 1 amide bonds. The van der Waals surface area contributed by atoms with Gasteiger partial charge >= 0.3 is 5.97 Å². The number of carbonyl (C=O) groups is 2. The van der Waals surface area contributed by atoms with E-state index in [1.807, 2.05) is 0 Å². The average molecular weight is 231 g/mol. The highest BCUT2D eigenvalue weighted by Crippen LogP contribution is 2.15. The van der Waals surface area contributed by atoms with E-state index in [4.69, 9.17) is 9.84 Å². The van der Waals surface area contributed by atoms with Crippen molar-refractivity contribution < 1.29 is 19.4 Å². The molecule has 0 aliphatic heterocycles. The minimum atomic E-state index is -0.902. The number of ether oxygens (including phenoxy) is 1. The van der Waals surface area contributed by atoms with Crippen molar-refractivity contribution in [2.75, 3.05) is 7.11 Å². The molecule has 16 heavy (non-hydrogen) atoms. The van der Waals surface area contributed by atoms with Gasteiger partial charge in [0.05, 0.1) is 0 Å². The lowest BCUT2D eigenvalue weighted by Gasteiger charge is -2.31. The van der Waals surface area contributed by atoms with Crippen molar-refractivity contribution in [2.24, 2.45) is 0 Å². The van der Waals surface area contributed by atoms with Gasteiger partial charge in [-0.1, -0.05) is 0 Å². The molecule has 0 aromatic carbocycles. The molecule has 0 aliphatic rings. The Hall–Kier alpha value is -1.10. The third kappa shape index (κ3) is 5.11. The van der Waals surface area contributed by atoms with Gasteiger partial charge in [-0.05, 0) is 34.1 Å². The van der Waals surface area contributed by atoms with Gasteiger partial charge in [-0.3, -0.25) is 9.59 Å². The van der Waals surface area contributed by atoms with Crippen molar-refractivity contribution in [3.05, 3.63) is 0 Å². The topological polar surface area (TPSA) is 75.6 Å². The predicted molar refractivity (Wildman–Crippen MR) is 60.2 cm³/mol. The molecule has 0 aromatic rings. The SMILES string of the molecule is COC(C)(C)C(=O)NC(C)(C)CCC(=O)O. The van der Waals surface area contributed by atoms with E-state index in [2.05, 4.69) is 5.32 Å². The van der Waals surface area contributed by atoms with Crippen LogP contribution >= 0.6 is 0 Å². The largest absolute Gasteiger partial charge is 0.481 e. The molecule has 0 aromatic heterocycles. The number of hydrogen-bond donors (Lipinski definition) is 2. The first-order chi connectivity index (χ1) is 7.10. The monoisotopic (exact) mass is 231 g/mol. The number of carbonyl (C=O) groups excluding carboxylic acids is 1. The van der Waals surface area contributed by atoms with Gasteiger partial charge in [0.2, 0.25) is 0 Å². The molecule has 0 aliphatic carbocycles. The number of carboxylic acid groups (broad SMARTS) is 1. The fourth-order valence-corrected chi connectivity index (χ4v) is 1.03. The van der Waals surface area contributed by atoms with E-state index < -0.39 is 17.1 Å². The number of aliphatic carboxylic acids is 1. The smallest absolute Gasteiger partial charge is 0.303 e. The van der Waals surface area contributed by atoms with Crippen molar-refractivity contribution >= 4 is 11.9 Å². The molecule has 0 spiro atoms.